The van der Waals surface area contributed by atoms with Gasteiger partial charge in [-0.05, 0) is 137 Å². The van der Waals surface area contributed by atoms with Crippen molar-refractivity contribution in [3.05, 3.63) is 102 Å². The maximum Gasteiger partial charge on any atom is 0.323 e. The highest BCUT2D eigenvalue weighted by Crippen LogP contribution is 2.29. The van der Waals surface area contributed by atoms with Crippen molar-refractivity contribution in [3.8, 4) is 5.75 Å². The third kappa shape index (κ3) is 29.5. The van der Waals surface area contributed by atoms with Gasteiger partial charge in [0.2, 0.25) is 88.6 Å². The number of rotatable bonds is 52. The van der Waals surface area contributed by atoms with Gasteiger partial charge in [0.05, 0.1) is 31.2 Å². The van der Waals surface area contributed by atoms with Crippen molar-refractivity contribution in [2.45, 2.75) is 261 Å². The number of nitrogens with two attached hydrogens (primary N) is 4. The number of fused-ring (bicyclic) bond motifs is 2. The van der Waals surface area contributed by atoms with Crippen LogP contribution in [0.3, 0.4) is 0 Å². The Morgan fingerprint density at radius 2 is 1.11 bits per heavy atom. The van der Waals surface area contributed by atoms with Gasteiger partial charge in [0.15, 0.2) is 0 Å². The number of nitrogens with zero attached hydrogens (tertiary/aromatic N) is 6. The second-order valence-corrected chi connectivity index (χ2v) is 35.4. The molecule has 0 saturated carbocycles. The topological polar surface area (TPSA) is 609 Å². The quantitative estimate of drug-likeness (QED) is 0.0202. The molecule has 2 aromatic heterocycles. The van der Waals surface area contributed by atoms with E-state index in [-0.39, 0.29) is 121 Å². The number of likely N-dealkylation sites (N-methyl/N-ethyl adjacent to an activating group) is 3. The number of hydrogen-bond donors (Lipinski definition) is 17. The minimum Gasteiger partial charge on any atom is -0.508 e. The fourth-order valence-corrected chi connectivity index (χ4v) is 17.3. The molecule has 41 heteroatoms. The molecule has 728 valence electrons. The van der Waals surface area contributed by atoms with Crippen LogP contribution < -0.4 is 70.8 Å². The smallest absolute Gasteiger partial charge is 0.323 e. The van der Waals surface area contributed by atoms with Crippen molar-refractivity contribution in [1.82, 2.24) is 81.9 Å². The number of aliphatic hydroxyl groups is 1. The molecule has 8 rings (SSSR count). The summed E-state index contributed by atoms with van der Waals surface area (Å²) in [5.41, 5.74) is 26.8. The average molecular weight is 1860 g/mol. The first-order valence-electron chi connectivity index (χ1n) is 45.7. The Kier molecular flexibility index (Phi) is 40.6. The normalized spacial score (nSPS) is 18.0. The van der Waals surface area contributed by atoms with Gasteiger partial charge in [0.25, 0.3) is 0 Å². The number of carbonyl (C=O) groups is 17. The average Bonchev–Trinajstić information content (AvgIpc) is 1.55. The monoisotopic (exact) mass is 1860 g/mol. The maximum atomic E-state index is 15.6. The molecule has 0 bridgehead atoms. The number of aromatic nitrogens is 2. The second kappa shape index (κ2) is 51.0. The van der Waals surface area contributed by atoms with Gasteiger partial charge in [-0.1, -0.05) is 116 Å². The molecule has 3 fully saturated rings. The van der Waals surface area contributed by atoms with Crippen molar-refractivity contribution in [2.24, 2.45) is 34.8 Å². The van der Waals surface area contributed by atoms with Crippen LogP contribution in [0.1, 0.15) is 161 Å². The van der Waals surface area contributed by atoms with Gasteiger partial charge >= 0.3 is 5.97 Å². The summed E-state index contributed by atoms with van der Waals surface area (Å²) in [6.07, 6.45) is 5.07. The SMILES string of the molecule is CCCC[C@@H](C(=O)N(C)[C@@H](CCCC)C(=O)N[C@@H](CC(C)C)C(=O)N[C@@H](COCC(=O)N[C@@H](Cc1ccc(O)cc1)C(=O)N1CCCC[C@H]1C(=O)N[C@@H](CC(N)=O)C(=O)N1CCC[C@H]1C(=O)N[C@@H](CN)C(=O)N[C@@H](CC(C)C)C(=O)N1C[C@H](O)C[C@H]1C=O)C(N)=O)N(C)C(=O)[C@H](Cc1cn(CC(=O)O)c2ccccc12)NC(=O)[C@H](CCN)NC(=O)[C@H](Cc1c[nH]c2ccccc12)NC. The van der Waals surface area contributed by atoms with Crippen molar-refractivity contribution in [1.29, 1.82) is 0 Å². The van der Waals surface area contributed by atoms with Crippen LogP contribution in [-0.2, 0) is 112 Å². The third-order valence-corrected chi connectivity index (χ3v) is 24.4. The number of ether oxygens (including phenoxy) is 1. The van der Waals surface area contributed by atoms with Crippen LogP contribution in [-0.4, -0.2) is 308 Å². The zero-order chi connectivity index (χ0) is 97.6. The Balaban J connectivity index is 0.940. The minimum atomic E-state index is -1.70. The molecule has 0 radical (unpaired) electrons. The first kappa shape index (κ1) is 106. The van der Waals surface area contributed by atoms with Gasteiger partial charge in [-0.2, -0.15) is 0 Å². The fraction of sp³-hybridized carbons (Fsp3) is 0.576. The lowest BCUT2D eigenvalue weighted by molar-refractivity contribution is -0.149. The number of aromatic hydroxyl groups is 1. The van der Waals surface area contributed by atoms with Crippen molar-refractivity contribution in [3.63, 3.8) is 0 Å². The van der Waals surface area contributed by atoms with Crippen LogP contribution in [0.2, 0.25) is 0 Å². The van der Waals surface area contributed by atoms with Crippen molar-refractivity contribution in [2.75, 3.05) is 67.1 Å². The van der Waals surface area contributed by atoms with E-state index in [0.717, 1.165) is 21.4 Å². The van der Waals surface area contributed by atoms with E-state index in [1.54, 1.807) is 71.4 Å². The van der Waals surface area contributed by atoms with E-state index in [9.17, 15) is 77.6 Å². The number of likely N-dealkylation sites (tertiary alicyclic amines) is 3. The molecule has 41 nitrogen and oxygen atoms in total. The predicted molar refractivity (Wildman–Crippen MR) is 489 cm³/mol. The summed E-state index contributed by atoms with van der Waals surface area (Å²) in [5.74, 6) is -14.2. The Morgan fingerprint density at radius 3 is 1.73 bits per heavy atom. The molecule has 133 heavy (non-hydrogen) atoms. The number of amides is 15. The molecule has 3 saturated heterocycles. The summed E-state index contributed by atoms with van der Waals surface area (Å²) in [6.45, 7) is 8.05. The number of carboxylic acid groups (broad SMARTS) is 1. The van der Waals surface area contributed by atoms with Gasteiger partial charge in [0, 0.05) is 93.7 Å². The number of aromatic amines is 1. The largest absolute Gasteiger partial charge is 0.508 e. The van der Waals surface area contributed by atoms with Crippen LogP contribution in [0.25, 0.3) is 21.8 Å². The van der Waals surface area contributed by atoms with Crippen LogP contribution in [0.5, 0.6) is 5.75 Å². The van der Waals surface area contributed by atoms with Gasteiger partial charge in [-0.15, -0.1) is 0 Å². The second-order valence-electron chi connectivity index (χ2n) is 35.4. The number of primary amides is 2. The van der Waals surface area contributed by atoms with Crippen molar-refractivity contribution < 1.29 is 102 Å². The van der Waals surface area contributed by atoms with E-state index in [4.69, 9.17) is 27.7 Å². The molecule has 5 aromatic rings. The number of aldehydes is 1. The molecule has 3 aliphatic rings. The van der Waals surface area contributed by atoms with E-state index >= 15 is 19.2 Å². The summed E-state index contributed by atoms with van der Waals surface area (Å²) >= 11 is 0. The van der Waals surface area contributed by atoms with Gasteiger partial charge < -0.3 is 130 Å². The number of carbonyl (C=O) groups excluding carboxylic acids is 16. The maximum absolute atomic E-state index is 15.6. The number of phenolic OH excluding ortho intramolecular Hbond substituents is 1. The number of H-pyrrole nitrogens is 1. The van der Waals surface area contributed by atoms with E-state index in [2.05, 4.69) is 52.8 Å². The van der Waals surface area contributed by atoms with Crippen LogP contribution in [0, 0.1) is 11.8 Å². The Labute approximate surface area is 772 Å². The number of carboxylic acids is 1. The van der Waals surface area contributed by atoms with Crippen molar-refractivity contribution >= 4 is 123 Å². The summed E-state index contributed by atoms with van der Waals surface area (Å²) < 4.78 is 7.23. The minimum absolute atomic E-state index is 0.0145. The number of β-amino-alcohol motifs (C(OH)–C–C–N with tert-alkyl or cyclic N) is 1. The molecular formula is C92H134N20O21. The summed E-state index contributed by atoms with van der Waals surface area (Å²) in [4.78, 5) is 249. The molecule has 0 aliphatic carbocycles. The molecule has 0 spiro atoms. The number of benzene rings is 3. The lowest BCUT2D eigenvalue weighted by Gasteiger charge is -2.38. The van der Waals surface area contributed by atoms with E-state index in [0.29, 0.717) is 66.8 Å². The lowest BCUT2D eigenvalue weighted by Crippen LogP contribution is -2.62. The van der Waals surface area contributed by atoms with Gasteiger partial charge in [-0.3, -0.25) is 76.7 Å². The first-order chi connectivity index (χ1) is 63.3. The van der Waals surface area contributed by atoms with Crippen LogP contribution in [0.15, 0.2) is 85.2 Å². The number of piperidine rings is 1. The molecule has 21 N–H and O–H groups in total. The molecule has 3 aliphatic heterocycles. The molecule has 5 heterocycles. The standard InChI is InChI=1S/C92H134N20O21/c1-10-12-24-73(107(8)92(132)76(25-13-11-2)108(9)88(128)68(41-56-46-109(48-79(118)119)72-26-17-15-22-61(56)72)103-81(121)63(33-34-93)100-82(122)64(97-7)40-55-45-98-62-23-16-14-21-60(55)62)85(125)101-65(37-52(3)4)83(123)106-71(80(96)120)50-133-51-78(117)99-67(39-54-29-31-58(114)32-30-54)89(129)110-35-19-18-27-74(110)86(126)104-69(43-77(95)116)90(130)111-36-20-28-75(111)87(127)105-70(44-94)84(124)102-66(38-53(5)6)91(131)112-47-59(115)42-57(112)49-113/h14-17,21-23,26,29-32,45-46,49,52-53,57,59,63-71,73-76,97-98,114-115H,10-13,18-20,24-25,27-28,33-44,47-48,50-51,93-94H2,1-9H3,(H2,95,116)(H2,96,120)(H,99,117)(H,100,122)(H,101,125)(H,102,124)(H,103,121)(H,104,126)(H,105,127)(H,106,123)(H,118,119)/t57-,59+,63-,64-,65-,66-,67-,68-,69-,70-,71-,73-,74-,75-,76-/m0/s1. The highest BCUT2D eigenvalue weighted by Gasteiger charge is 2.46. The molecular weight excluding hydrogens is 1720 g/mol. The van der Waals surface area contributed by atoms with Crippen LogP contribution >= 0.6 is 0 Å². The molecule has 3 aromatic carbocycles. The van der Waals surface area contributed by atoms with E-state index in [1.807, 2.05) is 38.1 Å². The Bertz CT molecular complexity index is 4910. The van der Waals surface area contributed by atoms with Crippen LogP contribution in [0.4, 0.5) is 0 Å². The Hall–Kier alpha value is -12.5. The first-order valence-corrected chi connectivity index (χ1v) is 45.7. The summed E-state index contributed by atoms with van der Waals surface area (Å²) in [6, 6.07) is 1.58. The summed E-state index contributed by atoms with van der Waals surface area (Å²) in [7, 11) is 4.40. The summed E-state index contributed by atoms with van der Waals surface area (Å²) in [5, 5.41) is 56.4. The predicted octanol–water partition coefficient (Wildman–Crippen LogP) is -1.25. The van der Waals surface area contributed by atoms with E-state index in [1.165, 1.54) is 62.5 Å². The zero-order valence-corrected chi connectivity index (χ0v) is 77.2. The molecule has 15 amide bonds. The van der Waals surface area contributed by atoms with Gasteiger partial charge in [-0.25, -0.2) is 0 Å². The number of nitrogens with one attached hydrogen (secondary N) is 10. The number of phenols is 1. The zero-order valence-electron chi connectivity index (χ0n) is 77.2. The van der Waals surface area contributed by atoms with Gasteiger partial charge in [0.1, 0.15) is 97.7 Å². The number of para-hydroxylation sites is 2. The third-order valence-electron chi connectivity index (χ3n) is 24.4. The highest BCUT2D eigenvalue weighted by molar-refractivity contribution is 6.01. The highest BCUT2D eigenvalue weighted by atomic mass is 16.5. The number of aliphatic carboxylic acids is 1. The fourth-order valence-electron chi connectivity index (χ4n) is 17.3. The molecule has 15 atom stereocenters. The number of aliphatic hydroxyl groups excluding tert-OH is 1. The Morgan fingerprint density at radius 1 is 0.571 bits per heavy atom. The van der Waals surface area contributed by atoms with E-state index < -0.39 is 218 Å². The number of unbranched alkanes of at least 4 members (excludes halogenated alkanes) is 2. The number of hydrogen-bond acceptors (Lipinski definition) is 23. The lowest BCUT2D eigenvalue weighted by atomic mass is 9.97. The molecule has 0 unspecified atom stereocenters.